The molecule has 1 aromatic carbocycles. The van der Waals surface area contributed by atoms with Crippen LogP contribution in [-0.4, -0.2) is 23.8 Å². The van der Waals surface area contributed by atoms with Crippen LogP contribution in [0.25, 0.3) is 0 Å². The maximum absolute atomic E-state index is 13.1. The third-order valence-electron chi connectivity index (χ3n) is 4.56. The number of halogens is 1. The van der Waals surface area contributed by atoms with Crippen molar-refractivity contribution in [2.24, 2.45) is 11.8 Å². The zero-order valence-electron chi connectivity index (χ0n) is 12.6. The van der Waals surface area contributed by atoms with Crippen molar-refractivity contribution in [1.82, 2.24) is 10.6 Å². The molecule has 2 fully saturated rings. The number of amides is 2. The molecule has 2 amide bonds. The Morgan fingerprint density at radius 3 is 2.32 bits per heavy atom. The minimum atomic E-state index is -0.264. The molecule has 3 N–H and O–H groups in total. The van der Waals surface area contributed by atoms with Gasteiger partial charge in [0.1, 0.15) is 5.82 Å². The van der Waals surface area contributed by atoms with Gasteiger partial charge in [-0.05, 0) is 61.6 Å². The van der Waals surface area contributed by atoms with E-state index in [1.54, 1.807) is 12.1 Å². The lowest BCUT2D eigenvalue weighted by Gasteiger charge is -2.22. The molecule has 2 saturated carbocycles. The molecule has 120 valence electrons. The standard InChI is InChI=1S/C17H23FN2O2/c18-14-7-5-13(6-8-14)16(12-3-4-12)20-17(22)19-15(9-10-21)11-1-2-11/h5-8,11-12,15-16,21H,1-4,9-10H2,(H2,19,20,22)/t15-,16+/m0/s1. The first-order valence-electron chi connectivity index (χ1n) is 8.10. The van der Waals surface area contributed by atoms with E-state index in [1.165, 1.54) is 12.1 Å². The Morgan fingerprint density at radius 1 is 1.14 bits per heavy atom. The summed E-state index contributed by atoms with van der Waals surface area (Å²) < 4.78 is 13.1. The van der Waals surface area contributed by atoms with Crippen LogP contribution in [0.4, 0.5) is 9.18 Å². The number of carbonyl (C=O) groups excluding carboxylic acids is 1. The Labute approximate surface area is 130 Å². The minimum Gasteiger partial charge on any atom is -0.396 e. The second-order valence-corrected chi connectivity index (χ2v) is 6.44. The second-order valence-electron chi connectivity index (χ2n) is 6.44. The number of hydrogen-bond acceptors (Lipinski definition) is 2. The van der Waals surface area contributed by atoms with Crippen molar-refractivity contribution in [2.45, 2.75) is 44.2 Å². The van der Waals surface area contributed by atoms with Crippen molar-refractivity contribution in [2.75, 3.05) is 6.61 Å². The summed E-state index contributed by atoms with van der Waals surface area (Å²) in [5.74, 6) is 0.677. The zero-order valence-corrected chi connectivity index (χ0v) is 12.6. The lowest BCUT2D eigenvalue weighted by atomic mass is 10.0. The summed E-state index contributed by atoms with van der Waals surface area (Å²) in [5.41, 5.74) is 0.948. The molecule has 5 heteroatoms. The smallest absolute Gasteiger partial charge is 0.315 e. The molecule has 0 bridgehead atoms. The Morgan fingerprint density at radius 2 is 1.77 bits per heavy atom. The van der Waals surface area contributed by atoms with Crippen LogP contribution >= 0.6 is 0 Å². The van der Waals surface area contributed by atoms with Crippen molar-refractivity contribution in [1.29, 1.82) is 0 Å². The van der Waals surface area contributed by atoms with Gasteiger partial charge in [0.2, 0.25) is 0 Å². The molecule has 0 radical (unpaired) electrons. The van der Waals surface area contributed by atoms with E-state index in [-0.39, 0.29) is 30.5 Å². The van der Waals surface area contributed by atoms with Gasteiger partial charge in [0.15, 0.2) is 0 Å². The predicted octanol–water partition coefficient (Wildman–Crippen LogP) is 2.74. The maximum Gasteiger partial charge on any atom is 0.315 e. The number of carbonyl (C=O) groups is 1. The number of rotatable bonds is 7. The lowest BCUT2D eigenvalue weighted by Crippen LogP contribution is -2.45. The number of urea groups is 1. The van der Waals surface area contributed by atoms with Crippen molar-refractivity contribution in [3.8, 4) is 0 Å². The van der Waals surface area contributed by atoms with E-state index in [0.29, 0.717) is 18.3 Å². The van der Waals surface area contributed by atoms with Gasteiger partial charge in [-0.1, -0.05) is 12.1 Å². The number of benzene rings is 1. The Bertz CT molecular complexity index is 512. The molecule has 0 aliphatic heterocycles. The van der Waals surface area contributed by atoms with Crippen LogP contribution in [0.3, 0.4) is 0 Å². The van der Waals surface area contributed by atoms with Gasteiger partial charge in [0.25, 0.3) is 0 Å². The molecule has 22 heavy (non-hydrogen) atoms. The molecule has 0 heterocycles. The highest BCUT2D eigenvalue weighted by Gasteiger charge is 2.35. The molecule has 0 unspecified atom stereocenters. The van der Waals surface area contributed by atoms with Gasteiger partial charge in [-0.25, -0.2) is 9.18 Å². The highest BCUT2D eigenvalue weighted by Crippen LogP contribution is 2.41. The van der Waals surface area contributed by atoms with Gasteiger partial charge < -0.3 is 15.7 Å². The zero-order chi connectivity index (χ0) is 15.5. The lowest BCUT2D eigenvalue weighted by molar-refractivity contribution is 0.220. The quantitative estimate of drug-likeness (QED) is 0.725. The van der Waals surface area contributed by atoms with Crippen molar-refractivity contribution in [3.05, 3.63) is 35.6 Å². The largest absolute Gasteiger partial charge is 0.396 e. The first kappa shape index (κ1) is 15.3. The SMILES string of the molecule is O=C(N[C@@H](CCO)C1CC1)N[C@@H](c1ccc(F)cc1)C1CC1. The van der Waals surface area contributed by atoms with Gasteiger partial charge in [0.05, 0.1) is 6.04 Å². The average molecular weight is 306 g/mol. The molecular formula is C17H23FN2O2. The van der Waals surface area contributed by atoms with Gasteiger partial charge >= 0.3 is 6.03 Å². The fourth-order valence-corrected chi connectivity index (χ4v) is 2.99. The fourth-order valence-electron chi connectivity index (χ4n) is 2.99. The van der Waals surface area contributed by atoms with Crippen LogP contribution in [-0.2, 0) is 0 Å². The molecule has 2 atom stereocenters. The Hall–Kier alpha value is -1.62. The second kappa shape index (κ2) is 6.65. The van der Waals surface area contributed by atoms with Crippen LogP contribution < -0.4 is 10.6 Å². The predicted molar refractivity (Wildman–Crippen MR) is 81.7 cm³/mol. The maximum atomic E-state index is 13.1. The van der Waals surface area contributed by atoms with E-state index in [4.69, 9.17) is 5.11 Å². The van der Waals surface area contributed by atoms with Crippen LogP contribution in [0.2, 0.25) is 0 Å². The molecular weight excluding hydrogens is 283 g/mol. The number of hydrogen-bond donors (Lipinski definition) is 3. The first-order valence-corrected chi connectivity index (χ1v) is 8.10. The van der Waals surface area contributed by atoms with Gasteiger partial charge in [-0.3, -0.25) is 0 Å². The summed E-state index contributed by atoms with van der Waals surface area (Å²) in [6, 6.07) is 6.15. The van der Waals surface area contributed by atoms with E-state index in [2.05, 4.69) is 10.6 Å². The van der Waals surface area contributed by atoms with Crippen molar-refractivity contribution < 1.29 is 14.3 Å². The third kappa shape index (κ3) is 3.97. The van der Waals surface area contributed by atoms with E-state index < -0.39 is 0 Å². The van der Waals surface area contributed by atoms with Crippen molar-refractivity contribution in [3.63, 3.8) is 0 Å². The van der Waals surface area contributed by atoms with E-state index in [1.807, 2.05) is 0 Å². The van der Waals surface area contributed by atoms with E-state index in [9.17, 15) is 9.18 Å². The average Bonchev–Trinajstić information content (AvgIpc) is 3.39. The summed E-state index contributed by atoms with van der Waals surface area (Å²) in [6.07, 6.45) is 5.02. The Balaban J connectivity index is 1.60. The summed E-state index contributed by atoms with van der Waals surface area (Å²) in [4.78, 5) is 12.3. The molecule has 2 aliphatic carbocycles. The van der Waals surface area contributed by atoms with E-state index >= 15 is 0 Å². The number of aliphatic hydroxyl groups excluding tert-OH is 1. The molecule has 0 saturated heterocycles. The van der Waals surface area contributed by atoms with Gasteiger partial charge in [-0.15, -0.1) is 0 Å². The monoisotopic (exact) mass is 306 g/mol. The third-order valence-corrected chi connectivity index (χ3v) is 4.56. The molecule has 2 aliphatic rings. The van der Waals surface area contributed by atoms with E-state index in [0.717, 1.165) is 31.2 Å². The Kier molecular flexibility index (Phi) is 4.62. The highest BCUT2D eigenvalue weighted by atomic mass is 19.1. The first-order chi connectivity index (χ1) is 10.7. The molecule has 0 spiro atoms. The summed E-state index contributed by atoms with van der Waals surface area (Å²) in [7, 11) is 0. The van der Waals surface area contributed by atoms with Gasteiger partial charge in [0, 0.05) is 12.6 Å². The summed E-state index contributed by atoms with van der Waals surface area (Å²) in [6.45, 7) is 0.0888. The summed E-state index contributed by atoms with van der Waals surface area (Å²) in [5, 5.41) is 15.1. The van der Waals surface area contributed by atoms with Crippen LogP contribution in [0.1, 0.15) is 43.7 Å². The van der Waals surface area contributed by atoms with Crippen LogP contribution in [0, 0.1) is 17.7 Å². The fraction of sp³-hybridized carbons (Fsp3) is 0.588. The van der Waals surface area contributed by atoms with Crippen molar-refractivity contribution >= 4 is 6.03 Å². The van der Waals surface area contributed by atoms with Crippen LogP contribution in [0.15, 0.2) is 24.3 Å². The van der Waals surface area contributed by atoms with Crippen LogP contribution in [0.5, 0.6) is 0 Å². The minimum absolute atomic E-state index is 0.0538. The molecule has 0 aromatic heterocycles. The number of nitrogens with one attached hydrogen (secondary N) is 2. The highest BCUT2D eigenvalue weighted by molar-refractivity contribution is 5.75. The molecule has 4 nitrogen and oxygen atoms in total. The topological polar surface area (TPSA) is 61.4 Å². The number of aliphatic hydroxyl groups is 1. The summed E-state index contributed by atoms with van der Waals surface area (Å²) >= 11 is 0. The van der Waals surface area contributed by atoms with Gasteiger partial charge in [-0.2, -0.15) is 0 Å². The molecule has 1 aromatic rings. The normalized spacial score (nSPS) is 20.3. The molecule has 3 rings (SSSR count).